The molecule has 2 aromatic carbocycles. The van der Waals surface area contributed by atoms with E-state index in [0.29, 0.717) is 11.6 Å². The van der Waals surface area contributed by atoms with Gasteiger partial charge in [-0.05, 0) is 58.5 Å². The lowest BCUT2D eigenvalue weighted by atomic mass is 10.2. The minimum Gasteiger partial charge on any atom is -0.381 e. The average Bonchev–Trinajstić information content (AvgIpc) is 2.39. The fraction of sp³-hybridized carbons (Fsp3) is 0.0769. The van der Waals surface area contributed by atoms with Crippen LogP contribution in [0.15, 0.2) is 42.5 Å². The van der Waals surface area contributed by atoms with E-state index >= 15 is 0 Å². The molecule has 0 amide bonds. The van der Waals surface area contributed by atoms with E-state index in [2.05, 4.69) is 27.9 Å². The third kappa shape index (κ3) is 3.81. The normalized spacial score (nSPS) is 10.2. The lowest BCUT2D eigenvalue weighted by Gasteiger charge is -2.08. The van der Waals surface area contributed by atoms with Crippen molar-refractivity contribution in [3.05, 3.63) is 66.7 Å². The second-order valence-corrected chi connectivity index (χ2v) is 5.55. The van der Waals surface area contributed by atoms with Crippen LogP contribution >= 0.6 is 34.2 Å². The molecule has 0 aromatic heterocycles. The van der Waals surface area contributed by atoms with Crippen LogP contribution in [-0.2, 0) is 6.54 Å². The Hall–Kier alpha value is -1.34. The van der Waals surface area contributed by atoms with Crippen molar-refractivity contribution in [3.8, 4) is 0 Å². The molecule has 2 aromatic rings. The lowest BCUT2D eigenvalue weighted by Crippen LogP contribution is -2.00. The molecule has 98 valence electrons. The highest BCUT2D eigenvalue weighted by molar-refractivity contribution is 14.1. The van der Waals surface area contributed by atoms with Crippen molar-refractivity contribution in [3.63, 3.8) is 0 Å². The van der Waals surface area contributed by atoms with Crippen molar-refractivity contribution in [1.82, 2.24) is 0 Å². The molecule has 0 aliphatic heterocycles. The molecular weight excluding hydrogens is 379 g/mol. The van der Waals surface area contributed by atoms with Crippen molar-refractivity contribution < 1.29 is 4.92 Å². The first kappa shape index (κ1) is 14.1. The van der Waals surface area contributed by atoms with E-state index in [1.54, 1.807) is 6.07 Å². The zero-order chi connectivity index (χ0) is 13.8. The van der Waals surface area contributed by atoms with Gasteiger partial charge in [0.15, 0.2) is 0 Å². The zero-order valence-corrected chi connectivity index (χ0v) is 12.7. The molecule has 0 aliphatic rings. The lowest BCUT2D eigenvalue weighted by molar-refractivity contribution is -0.384. The van der Waals surface area contributed by atoms with Gasteiger partial charge in [0.05, 0.1) is 9.95 Å². The van der Waals surface area contributed by atoms with Crippen molar-refractivity contribution in [2.75, 3.05) is 5.32 Å². The highest BCUT2D eigenvalue weighted by Crippen LogP contribution is 2.23. The minimum absolute atomic E-state index is 0.00279. The van der Waals surface area contributed by atoms with Crippen molar-refractivity contribution in [2.45, 2.75) is 6.54 Å². The van der Waals surface area contributed by atoms with Crippen LogP contribution in [0.3, 0.4) is 0 Å². The number of nitrogens with zero attached hydrogens (tertiary/aromatic N) is 1. The first-order chi connectivity index (χ1) is 9.06. The largest absolute Gasteiger partial charge is 0.381 e. The average molecular weight is 389 g/mol. The fourth-order valence-corrected chi connectivity index (χ4v) is 2.16. The van der Waals surface area contributed by atoms with Gasteiger partial charge in [-0.15, -0.1) is 0 Å². The monoisotopic (exact) mass is 388 g/mol. The van der Waals surface area contributed by atoms with Crippen LogP contribution in [0.2, 0.25) is 5.02 Å². The molecule has 6 heteroatoms. The molecule has 19 heavy (non-hydrogen) atoms. The molecule has 0 radical (unpaired) electrons. The van der Waals surface area contributed by atoms with Gasteiger partial charge in [-0.3, -0.25) is 10.1 Å². The van der Waals surface area contributed by atoms with E-state index in [1.807, 2.05) is 24.3 Å². The number of anilines is 1. The Balaban J connectivity index is 2.07. The van der Waals surface area contributed by atoms with Gasteiger partial charge in [0.1, 0.15) is 0 Å². The Labute approximate surface area is 129 Å². The molecule has 1 N–H and O–H groups in total. The first-order valence-corrected chi connectivity index (χ1v) is 6.94. The quantitative estimate of drug-likeness (QED) is 0.478. The molecule has 0 heterocycles. The number of benzene rings is 2. The zero-order valence-electron chi connectivity index (χ0n) is 9.77. The SMILES string of the molecule is O=[N+]([O-])c1ccc(CNc2ccc(I)cc2)c(Cl)c1. The summed E-state index contributed by atoms with van der Waals surface area (Å²) in [6.07, 6.45) is 0. The van der Waals surface area contributed by atoms with Crippen LogP contribution in [0.25, 0.3) is 0 Å². The highest BCUT2D eigenvalue weighted by Gasteiger charge is 2.09. The van der Waals surface area contributed by atoms with Gasteiger partial charge < -0.3 is 5.32 Å². The molecule has 0 unspecified atom stereocenters. The van der Waals surface area contributed by atoms with Crippen molar-refractivity contribution in [1.29, 1.82) is 0 Å². The number of nitro benzene ring substituents is 1. The second-order valence-electron chi connectivity index (χ2n) is 3.89. The Morgan fingerprint density at radius 3 is 2.47 bits per heavy atom. The van der Waals surface area contributed by atoms with Gasteiger partial charge in [0.25, 0.3) is 5.69 Å². The summed E-state index contributed by atoms with van der Waals surface area (Å²) in [6, 6.07) is 12.4. The highest BCUT2D eigenvalue weighted by atomic mass is 127. The van der Waals surface area contributed by atoms with Crippen molar-refractivity contribution >= 4 is 45.6 Å². The van der Waals surface area contributed by atoms with E-state index in [1.165, 1.54) is 12.1 Å². The van der Waals surface area contributed by atoms with Crippen LogP contribution < -0.4 is 5.32 Å². The van der Waals surface area contributed by atoms with Gasteiger partial charge >= 0.3 is 0 Å². The number of hydrogen-bond donors (Lipinski definition) is 1. The number of nitrogens with one attached hydrogen (secondary N) is 1. The maximum absolute atomic E-state index is 10.6. The predicted molar refractivity (Wildman–Crippen MR) is 84.6 cm³/mol. The minimum atomic E-state index is -0.456. The molecule has 0 saturated heterocycles. The third-order valence-corrected chi connectivity index (χ3v) is 3.65. The maximum atomic E-state index is 10.6. The molecule has 0 saturated carbocycles. The van der Waals surface area contributed by atoms with Crippen LogP contribution in [0.4, 0.5) is 11.4 Å². The summed E-state index contributed by atoms with van der Waals surface area (Å²) in [5.74, 6) is 0. The van der Waals surface area contributed by atoms with Gasteiger partial charge in [-0.1, -0.05) is 11.6 Å². The molecule has 0 spiro atoms. The summed E-state index contributed by atoms with van der Waals surface area (Å²) in [4.78, 5) is 10.2. The molecule has 0 fully saturated rings. The predicted octanol–water partition coefficient (Wildman–Crippen LogP) is 4.46. The van der Waals surface area contributed by atoms with Gasteiger partial charge in [-0.25, -0.2) is 0 Å². The van der Waals surface area contributed by atoms with E-state index in [-0.39, 0.29) is 5.69 Å². The van der Waals surface area contributed by atoms with Crippen LogP contribution in [0, 0.1) is 13.7 Å². The van der Waals surface area contributed by atoms with Crippen LogP contribution in [0.1, 0.15) is 5.56 Å². The molecule has 4 nitrogen and oxygen atoms in total. The number of hydrogen-bond acceptors (Lipinski definition) is 3. The molecular formula is C13H10ClIN2O2. The van der Waals surface area contributed by atoms with E-state index in [4.69, 9.17) is 11.6 Å². The summed E-state index contributed by atoms with van der Waals surface area (Å²) < 4.78 is 1.16. The summed E-state index contributed by atoms with van der Waals surface area (Å²) in [5, 5.41) is 14.2. The Kier molecular flexibility index (Phi) is 4.60. The molecule has 0 bridgehead atoms. The van der Waals surface area contributed by atoms with Crippen LogP contribution in [-0.4, -0.2) is 4.92 Å². The Morgan fingerprint density at radius 1 is 1.21 bits per heavy atom. The molecule has 0 atom stereocenters. The Morgan fingerprint density at radius 2 is 1.89 bits per heavy atom. The molecule has 0 aliphatic carbocycles. The van der Waals surface area contributed by atoms with Crippen molar-refractivity contribution in [2.24, 2.45) is 0 Å². The summed E-state index contributed by atoms with van der Waals surface area (Å²) in [5.41, 5.74) is 1.81. The second kappa shape index (κ2) is 6.21. The van der Waals surface area contributed by atoms with E-state index in [9.17, 15) is 10.1 Å². The van der Waals surface area contributed by atoms with Gasteiger partial charge in [0, 0.05) is 27.9 Å². The Bertz CT molecular complexity index is 602. The number of non-ortho nitro benzene ring substituents is 1. The van der Waals surface area contributed by atoms with Crippen LogP contribution in [0.5, 0.6) is 0 Å². The smallest absolute Gasteiger partial charge is 0.270 e. The maximum Gasteiger partial charge on any atom is 0.270 e. The summed E-state index contributed by atoms with van der Waals surface area (Å²) >= 11 is 8.26. The number of rotatable bonds is 4. The third-order valence-electron chi connectivity index (χ3n) is 2.57. The summed E-state index contributed by atoms with van der Waals surface area (Å²) in [7, 11) is 0. The summed E-state index contributed by atoms with van der Waals surface area (Å²) in [6.45, 7) is 0.525. The first-order valence-electron chi connectivity index (χ1n) is 5.48. The van der Waals surface area contributed by atoms with Gasteiger partial charge in [-0.2, -0.15) is 0 Å². The topological polar surface area (TPSA) is 55.2 Å². The van der Waals surface area contributed by atoms with E-state index in [0.717, 1.165) is 14.8 Å². The van der Waals surface area contributed by atoms with Gasteiger partial charge in [0.2, 0.25) is 0 Å². The number of halogens is 2. The fourth-order valence-electron chi connectivity index (χ4n) is 1.56. The standard InChI is InChI=1S/C13H10ClIN2O2/c14-13-7-12(17(18)19)6-1-9(13)8-16-11-4-2-10(15)3-5-11/h1-7,16H,8H2. The molecule has 2 rings (SSSR count). The number of nitro groups is 1. The van der Waals surface area contributed by atoms with E-state index < -0.39 is 4.92 Å².